The van der Waals surface area contributed by atoms with E-state index < -0.39 is 7.82 Å². The predicted molar refractivity (Wildman–Crippen MR) is 17.9 cm³/mol. The molecule has 0 amide bonds. The SMILES string of the molecule is O.O=P(O)(O)O.[Ce].[La].[Nd].[Y]. The maximum absolute atomic E-state index is 8.88. The molecule has 54 valence electrons. The fraction of sp³-hybridized carbons (Fsp3) is 0. The normalized spacial score (nSPS) is 5.90. The van der Waals surface area contributed by atoms with Gasteiger partial charge in [-0.25, -0.2) is 4.57 Å². The first-order chi connectivity index (χ1) is 2.00. The van der Waals surface area contributed by atoms with Crippen molar-refractivity contribution in [1.29, 1.82) is 0 Å². The summed E-state index contributed by atoms with van der Waals surface area (Å²) >= 11 is 0. The van der Waals surface area contributed by atoms with Crippen LogP contribution < -0.4 is 0 Å². The van der Waals surface area contributed by atoms with E-state index in [2.05, 4.69) is 0 Å². The summed E-state index contributed by atoms with van der Waals surface area (Å²) in [6.07, 6.45) is 0. The Balaban J connectivity index is -0.00000000800. The summed E-state index contributed by atoms with van der Waals surface area (Å²) in [5, 5.41) is 0. The summed E-state index contributed by atoms with van der Waals surface area (Å²) in [5.41, 5.74) is 0. The van der Waals surface area contributed by atoms with Crippen LogP contribution in [0.15, 0.2) is 0 Å². The van der Waals surface area contributed by atoms with E-state index in [1.54, 1.807) is 0 Å². The molecule has 0 aromatic carbocycles. The maximum atomic E-state index is 8.88. The molecule has 0 unspecified atom stereocenters. The zero-order valence-corrected chi connectivity index (χ0v) is 18.6. The Labute approximate surface area is 178 Å². The molecule has 0 heterocycles. The van der Waals surface area contributed by atoms with Crippen molar-refractivity contribution in [2.24, 2.45) is 0 Å². The van der Waals surface area contributed by atoms with E-state index in [-0.39, 0.29) is 156 Å². The van der Waals surface area contributed by atoms with Crippen LogP contribution >= 0.6 is 7.82 Å². The number of phosphoric acid groups is 1. The molecule has 0 aromatic rings. The van der Waals surface area contributed by atoms with Gasteiger partial charge in [0.05, 0.1) is 0 Å². The Morgan fingerprint density at radius 3 is 1.10 bits per heavy atom. The van der Waals surface area contributed by atoms with E-state index in [1.807, 2.05) is 0 Å². The minimum Gasteiger partial charge on any atom is -0.412 e. The summed E-state index contributed by atoms with van der Waals surface area (Å²) < 4.78 is 8.88. The van der Waals surface area contributed by atoms with Crippen LogP contribution in [0.3, 0.4) is 0 Å². The van der Waals surface area contributed by atoms with Gasteiger partial charge in [-0.3, -0.25) is 0 Å². The second-order valence-corrected chi connectivity index (χ2v) is 1.54. The van der Waals surface area contributed by atoms with Crippen molar-refractivity contribution in [3.63, 3.8) is 0 Å². The molecule has 0 fully saturated rings. The molecule has 2 radical (unpaired) electrons. The van der Waals surface area contributed by atoms with Crippen molar-refractivity contribution in [3.05, 3.63) is 0 Å². The Hall–Kier alpha value is 5.10. The van der Waals surface area contributed by atoms with Crippen molar-refractivity contribution in [3.8, 4) is 0 Å². The van der Waals surface area contributed by atoms with Gasteiger partial charge >= 0.3 is 7.82 Å². The quantitative estimate of drug-likeness (QED) is 0.277. The van der Waals surface area contributed by atoms with Crippen LogP contribution in [-0.4, -0.2) is 20.2 Å². The smallest absolute Gasteiger partial charge is 0.412 e. The molecule has 0 bridgehead atoms. The molecule has 0 rings (SSSR count). The average molecular weight is 628 g/mol. The van der Waals surface area contributed by atoms with Crippen molar-refractivity contribution in [2.45, 2.75) is 0 Å². The molecular weight excluding hydrogens is 623 g/mol. The standard InChI is InChI=1S/Ce.La.Nd.H3O4P.H2O.Y/c;;;1-5(2,3)4;;/h;;;(H3,1,2,3,4);1H2;. The second kappa shape index (κ2) is 19.6. The Kier molecular flexibility index (Phi) is 71.2. The molecule has 5 N–H and O–H groups in total. The molecule has 0 atom stereocenters. The Morgan fingerprint density at radius 1 is 1.10 bits per heavy atom. The van der Waals surface area contributed by atoms with Crippen molar-refractivity contribution >= 4 is 7.82 Å². The van der Waals surface area contributed by atoms with E-state index in [4.69, 9.17) is 19.2 Å². The zero-order valence-electron chi connectivity index (χ0n) is 4.85. The largest absolute Gasteiger partial charge is 0.466 e. The van der Waals surface area contributed by atoms with Crippen molar-refractivity contribution < 1.29 is 176 Å². The molecule has 0 saturated carbocycles. The Morgan fingerprint density at radius 2 is 1.10 bits per heavy atom. The van der Waals surface area contributed by atoms with Gasteiger partial charge in [0.25, 0.3) is 0 Å². The number of hydrogen-bond acceptors (Lipinski definition) is 1. The van der Waals surface area contributed by atoms with Crippen LogP contribution in [0, 0.1) is 118 Å². The van der Waals surface area contributed by atoms with E-state index in [9.17, 15) is 0 Å². The molecule has 0 spiro atoms. The van der Waals surface area contributed by atoms with Gasteiger partial charge in [0, 0.05) is 151 Å². The molecule has 0 aliphatic carbocycles. The van der Waals surface area contributed by atoms with Crippen LogP contribution in [0.25, 0.3) is 0 Å². The van der Waals surface area contributed by atoms with Crippen LogP contribution in [-0.2, 0) is 37.3 Å². The molecule has 0 aliphatic heterocycles. The van der Waals surface area contributed by atoms with Gasteiger partial charge in [0.2, 0.25) is 0 Å². The molecule has 0 aliphatic rings. The van der Waals surface area contributed by atoms with Crippen molar-refractivity contribution in [2.75, 3.05) is 0 Å². The molecule has 10 heteroatoms. The predicted octanol–water partition coefficient (Wildman–Crippen LogP) is -1.76. The minimum absolute atomic E-state index is 0. The van der Waals surface area contributed by atoms with Gasteiger partial charge in [-0.2, -0.15) is 0 Å². The van der Waals surface area contributed by atoms with Crippen LogP contribution in [0.5, 0.6) is 0 Å². The first-order valence-electron chi connectivity index (χ1n) is 0.783. The zero-order chi connectivity index (χ0) is 4.50. The fourth-order valence-electron chi connectivity index (χ4n) is 0. The second-order valence-electron chi connectivity index (χ2n) is 0.513. The van der Waals surface area contributed by atoms with Crippen LogP contribution in [0.4, 0.5) is 0 Å². The molecule has 5 nitrogen and oxygen atoms in total. The van der Waals surface area contributed by atoms with E-state index in [0.717, 1.165) is 0 Å². The summed E-state index contributed by atoms with van der Waals surface area (Å²) in [5.74, 6) is 0. The van der Waals surface area contributed by atoms with Crippen LogP contribution in [0.1, 0.15) is 0 Å². The molecule has 0 aromatic heterocycles. The topological polar surface area (TPSA) is 109 Å². The first kappa shape index (κ1) is 36.3. The van der Waals surface area contributed by atoms with Gasteiger partial charge in [0.15, 0.2) is 0 Å². The number of hydrogen-bond donors (Lipinski definition) is 3. The van der Waals surface area contributed by atoms with Crippen molar-refractivity contribution in [1.82, 2.24) is 0 Å². The summed E-state index contributed by atoms with van der Waals surface area (Å²) in [6.45, 7) is 0. The minimum atomic E-state index is -4.64. The first-order valence-corrected chi connectivity index (χ1v) is 2.35. The van der Waals surface area contributed by atoms with Crippen LogP contribution in [0.2, 0.25) is 0 Å². The maximum Gasteiger partial charge on any atom is 0.466 e. The van der Waals surface area contributed by atoms with E-state index in [0.29, 0.717) is 0 Å². The summed E-state index contributed by atoms with van der Waals surface area (Å²) in [6, 6.07) is 0. The van der Waals surface area contributed by atoms with Gasteiger partial charge in [-0.1, -0.05) is 0 Å². The monoisotopic (exact) mass is 626 g/mol. The van der Waals surface area contributed by atoms with Gasteiger partial charge in [-0.15, -0.1) is 0 Å². The average Bonchev–Trinajstić information content (AvgIpc) is 0.722. The third-order valence-electron chi connectivity index (χ3n) is 0. The third-order valence-corrected chi connectivity index (χ3v) is 0. The van der Waals surface area contributed by atoms with E-state index >= 15 is 0 Å². The fourth-order valence-corrected chi connectivity index (χ4v) is 0. The Bertz CT molecular complexity index is 67.8. The summed E-state index contributed by atoms with van der Waals surface area (Å²) in [4.78, 5) is 21.6. The molecule has 0 saturated heterocycles. The van der Waals surface area contributed by atoms with Gasteiger partial charge in [-0.05, 0) is 0 Å². The van der Waals surface area contributed by atoms with Gasteiger partial charge in [0.1, 0.15) is 0 Å². The summed E-state index contributed by atoms with van der Waals surface area (Å²) in [7, 11) is -4.64. The third kappa shape index (κ3) is 73.8. The molecular formula is H5CeLaNdO5PY. The van der Waals surface area contributed by atoms with Gasteiger partial charge < -0.3 is 20.2 Å². The van der Waals surface area contributed by atoms with E-state index in [1.165, 1.54) is 0 Å². The number of rotatable bonds is 0. The molecule has 10 heavy (non-hydrogen) atoms.